The normalized spacial score (nSPS) is 26.2. The van der Waals surface area contributed by atoms with Gasteiger partial charge in [0.15, 0.2) is 17.2 Å². The monoisotopic (exact) mass is 459 g/mol. The molecule has 11 heteroatoms. The summed E-state index contributed by atoms with van der Waals surface area (Å²) >= 11 is 0. The molecule has 1 N–H and O–H groups in total. The van der Waals surface area contributed by atoms with E-state index in [2.05, 4.69) is 15.4 Å². The number of nitrogens with one attached hydrogen (secondary N) is 1. The third-order valence-electron chi connectivity index (χ3n) is 6.49. The second-order valence-corrected chi connectivity index (χ2v) is 9.01. The van der Waals surface area contributed by atoms with Crippen molar-refractivity contribution in [2.45, 2.75) is 50.4 Å². The Labute approximate surface area is 186 Å². The fourth-order valence-corrected chi connectivity index (χ4v) is 4.80. The van der Waals surface area contributed by atoms with Gasteiger partial charge in [0.1, 0.15) is 35.9 Å². The zero-order valence-electron chi connectivity index (χ0n) is 17.6. The number of amides is 1. The van der Waals surface area contributed by atoms with E-state index in [-0.39, 0.29) is 47.9 Å². The molecule has 0 unspecified atom stereocenters. The molecular weight excluding hydrogens is 439 g/mol. The highest BCUT2D eigenvalue weighted by atomic mass is 19.3. The van der Waals surface area contributed by atoms with Crippen LogP contribution in [0.5, 0.6) is 11.5 Å². The molecule has 0 spiro atoms. The Morgan fingerprint density at radius 2 is 2.09 bits per heavy atom. The molecule has 3 aliphatic heterocycles. The third-order valence-corrected chi connectivity index (χ3v) is 6.49. The van der Waals surface area contributed by atoms with Gasteiger partial charge >= 0.3 is 0 Å². The minimum atomic E-state index is -2.74. The summed E-state index contributed by atoms with van der Waals surface area (Å²) < 4.78 is 55.2. The summed E-state index contributed by atoms with van der Waals surface area (Å²) in [5, 5.41) is 7.20. The Hall–Kier alpha value is -3.50. The van der Waals surface area contributed by atoms with Gasteiger partial charge in [0.05, 0.1) is 12.4 Å². The lowest BCUT2D eigenvalue weighted by atomic mass is 9.75. The molecule has 1 saturated carbocycles. The second kappa shape index (κ2) is 7.00. The van der Waals surface area contributed by atoms with Crippen molar-refractivity contribution in [1.29, 1.82) is 0 Å². The summed E-state index contributed by atoms with van der Waals surface area (Å²) in [5.74, 6) is -0.0501. The maximum atomic E-state index is 14.2. The predicted octanol–water partition coefficient (Wildman–Crippen LogP) is 2.94. The van der Waals surface area contributed by atoms with Crippen molar-refractivity contribution >= 4 is 17.4 Å². The van der Waals surface area contributed by atoms with Gasteiger partial charge in [-0.2, -0.15) is 5.10 Å². The van der Waals surface area contributed by atoms with E-state index in [9.17, 15) is 18.0 Å². The molecule has 5 heterocycles. The van der Waals surface area contributed by atoms with Gasteiger partial charge < -0.3 is 19.7 Å². The number of aromatic nitrogens is 3. The van der Waals surface area contributed by atoms with Crippen molar-refractivity contribution in [1.82, 2.24) is 19.9 Å². The topological polar surface area (TPSA) is 81.0 Å². The van der Waals surface area contributed by atoms with E-state index < -0.39 is 23.8 Å². The minimum Gasteiger partial charge on any atom is -0.490 e. The standard InChI is InChI=1S/C22H20F3N5O3/c1-22-5-13(6-22)33-16-3-2-12(23)4-11(16)8-29-15(18(24)25)10-32-17-9-30-19(27-20(17)29)14(7-26-30)21(31)28-22/h2-4,7,9,13,15,18H,5-6,8,10H2,1H3,(H,28,31)/t13-,15-,22+/m0/s1. The van der Waals surface area contributed by atoms with Crippen LogP contribution in [-0.4, -0.2) is 51.2 Å². The number of nitrogens with zero attached hydrogens (tertiary/aromatic N) is 4. The summed E-state index contributed by atoms with van der Waals surface area (Å²) in [4.78, 5) is 18.9. The zero-order valence-corrected chi connectivity index (χ0v) is 17.6. The van der Waals surface area contributed by atoms with Crippen LogP contribution in [0, 0.1) is 5.82 Å². The van der Waals surface area contributed by atoms with E-state index >= 15 is 0 Å². The summed E-state index contributed by atoms with van der Waals surface area (Å²) in [6, 6.07) is 2.76. The highest BCUT2D eigenvalue weighted by Crippen LogP contribution is 2.40. The number of alkyl halides is 2. The highest BCUT2D eigenvalue weighted by Gasteiger charge is 2.44. The number of fused-ring (bicyclic) bond motifs is 1. The minimum absolute atomic E-state index is 0.0682. The first-order valence-corrected chi connectivity index (χ1v) is 10.6. The van der Waals surface area contributed by atoms with Crippen LogP contribution in [-0.2, 0) is 6.54 Å². The molecule has 0 radical (unpaired) electrons. The van der Waals surface area contributed by atoms with E-state index in [4.69, 9.17) is 9.47 Å². The van der Waals surface area contributed by atoms with Crippen LogP contribution in [0.3, 0.4) is 0 Å². The Bertz CT molecular complexity index is 1270. The van der Waals surface area contributed by atoms with Crippen LogP contribution in [0.1, 0.15) is 35.7 Å². The van der Waals surface area contributed by atoms with Gasteiger partial charge in [-0.1, -0.05) is 0 Å². The lowest BCUT2D eigenvalue weighted by molar-refractivity contribution is 0.0284. The molecule has 7 rings (SSSR count). The lowest BCUT2D eigenvalue weighted by Crippen LogP contribution is -2.58. The molecule has 4 aliphatic rings. The third kappa shape index (κ3) is 3.25. The number of halogens is 3. The first-order chi connectivity index (χ1) is 15.8. The number of hydrogen-bond donors (Lipinski definition) is 1. The van der Waals surface area contributed by atoms with Crippen molar-refractivity contribution in [3.05, 3.63) is 47.5 Å². The van der Waals surface area contributed by atoms with E-state index in [1.807, 2.05) is 6.92 Å². The molecule has 0 saturated heterocycles. The molecule has 2 aromatic heterocycles. The average molecular weight is 459 g/mol. The maximum absolute atomic E-state index is 14.2. The van der Waals surface area contributed by atoms with E-state index in [1.165, 1.54) is 40.0 Å². The zero-order chi connectivity index (χ0) is 22.9. The first kappa shape index (κ1) is 20.1. The molecule has 1 fully saturated rings. The molecule has 1 atom stereocenters. The number of carbonyl (C=O) groups excluding carboxylic acids is 1. The predicted molar refractivity (Wildman–Crippen MR) is 110 cm³/mol. The SMILES string of the molecule is C[C@]12C[C@H](C1)Oc1ccc(F)cc1CN1c3nc4c(cnn4cc3OC[C@H]1C(F)F)C(=O)N2. The van der Waals surface area contributed by atoms with Gasteiger partial charge in [0, 0.05) is 30.5 Å². The largest absolute Gasteiger partial charge is 0.490 e. The Morgan fingerprint density at radius 1 is 1.27 bits per heavy atom. The van der Waals surface area contributed by atoms with Crippen molar-refractivity contribution in [3.63, 3.8) is 0 Å². The van der Waals surface area contributed by atoms with Crippen LogP contribution < -0.4 is 19.7 Å². The highest BCUT2D eigenvalue weighted by molar-refractivity contribution is 6.00. The Kier molecular flexibility index (Phi) is 4.27. The molecule has 1 aliphatic carbocycles. The summed E-state index contributed by atoms with van der Waals surface area (Å²) in [6.45, 7) is 1.58. The summed E-state index contributed by atoms with van der Waals surface area (Å²) in [6.07, 6.45) is 1.07. The van der Waals surface area contributed by atoms with Gasteiger partial charge in [-0.25, -0.2) is 22.7 Å². The van der Waals surface area contributed by atoms with Crippen molar-refractivity contribution in [2.75, 3.05) is 11.5 Å². The van der Waals surface area contributed by atoms with E-state index in [0.29, 0.717) is 24.2 Å². The number of hydrogen-bond acceptors (Lipinski definition) is 6. The molecule has 3 aromatic rings. The lowest BCUT2D eigenvalue weighted by Gasteiger charge is -2.45. The van der Waals surface area contributed by atoms with Crippen LogP contribution >= 0.6 is 0 Å². The second-order valence-electron chi connectivity index (χ2n) is 9.01. The van der Waals surface area contributed by atoms with Crippen molar-refractivity contribution in [3.8, 4) is 11.5 Å². The summed E-state index contributed by atoms with van der Waals surface area (Å²) in [7, 11) is 0. The number of carbonyl (C=O) groups is 1. The number of anilines is 1. The Balaban J connectivity index is 1.55. The first-order valence-electron chi connectivity index (χ1n) is 10.6. The fraction of sp³-hybridized carbons (Fsp3) is 0.409. The summed E-state index contributed by atoms with van der Waals surface area (Å²) in [5.41, 5.74) is 0.399. The van der Waals surface area contributed by atoms with Crippen LogP contribution in [0.25, 0.3) is 5.65 Å². The Morgan fingerprint density at radius 3 is 2.88 bits per heavy atom. The number of benzene rings is 1. The fourth-order valence-electron chi connectivity index (χ4n) is 4.80. The number of rotatable bonds is 1. The quantitative estimate of drug-likeness (QED) is 0.603. The van der Waals surface area contributed by atoms with E-state index in [1.54, 1.807) is 0 Å². The van der Waals surface area contributed by atoms with Crippen LogP contribution in [0.4, 0.5) is 19.0 Å². The van der Waals surface area contributed by atoms with Gasteiger partial charge in [-0.05, 0) is 25.1 Å². The molecule has 33 heavy (non-hydrogen) atoms. The molecule has 4 bridgehead atoms. The van der Waals surface area contributed by atoms with Gasteiger partial charge in [-0.3, -0.25) is 4.79 Å². The average Bonchev–Trinajstić information content (AvgIpc) is 3.15. The number of ether oxygens (including phenoxy) is 2. The van der Waals surface area contributed by atoms with Crippen LogP contribution in [0.2, 0.25) is 0 Å². The smallest absolute Gasteiger partial charge is 0.261 e. The van der Waals surface area contributed by atoms with Gasteiger partial charge in [0.2, 0.25) is 0 Å². The van der Waals surface area contributed by atoms with Gasteiger partial charge in [0.25, 0.3) is 12.3 Å². The molecular formula is C22H20F3N5O3. The molecule has 172 valence electrons. The van der Waals surface area contributed by atoms with E-state index in [0.717, 1.165) is 0 Å². The van der Waals surface area contributed by atoms with Gasteiger partial charge in [-0.15, -0.1) is 0 Å². The maximum Gasteiger partial charge on any atom is 0.261 e. The van der Waals surface area contributed by atoms with Crippen molar-refractivity contribution < 1.29 is 27.4 Å². The molecule has 1 aromatic carbocycles. The molecule has 8 nitrogen and oxygen atoms in total. The molecule has 1 amide bonds. The van der Waals surface area contributed by atoms with Crippen LogP contribution in [0.15, 0.2) is 30.6 Å². The van der Waals surface area contributed by atoms with Crippen molar-refractivity contribution in [2.24, 2.45) is 0 Å².